The summed E-state index contributed by atoms with van der Waals surface area (Å²) < 4.78 is 0. The number of nitriles is 1. The van der Waals surface area contributed by atoms with E-state index in [1.807, 2.05) is 12.1 Å². The minimum atomic E-state index is 0.568. The second-order valence-electron chi connectivity index (χ2n) is 5.45. The predicted molar refractivity (Wildman–Crippen MR) is 80.2 cm³/mol. The Morgan fingerprint density at radius 3 is 3.20 bits per heavy atom. The van der Waals surface area contributed by atoms with E-state index in [4.69, 9.17) is 5.26 Å². The largest absolute Gasteiger partial charge is 0.315 e. The molecule has 1 aliphatic heterocycles. The number of hydrogen-bond acceptors (Lipinski definition) is 4. The van der Waals surface area contributed by atoms with Gasteiger partial charge in [0.1, 0.15) is 11.8 Å². The Bertz CT molecular complexity index is 452. The summed E-state index contributed by atoms with van der Waals surface area (Å²) in [6.07, 6.45) is 6.69. The molecule has 0 aliphatic carbocycles. The van der Waals surface area contributed by atoms with Crippen LogP contribution in [0.25, 0.3) is 0 Å². The molecule has 1 atom stereocenters. The maximum atomic E-state index is 9.14. The summed E-state index contributed by atoms with van der Waals surface area (Å²) in [5.41, 5.74) is 1.62. The lowest BCUT2D eigenvalue weighted by Gasteiger charge is -2.36. The Hall–Kier alpha value is -1.44. The Labute approximate surface area is 121 Å². The Balaban J connectivity index is 1.99. The third kappa shape index (κ3) is 4.03. The van der Waals surface area contributed by atoms with Gasteiger partial charge in [-0.05, 0) is 38.4 Å². The van der Waals surface area contributed by atoms with Crippen LogP contribution in [0.1, 0.15) is 43.9 Å². The van der Waals surface area contributed by atoms with Crippen molar-refractivity contribution >= 4 is 0 Å². The molecule has 4 heteroatoms. The zero-order valence-corrected chi connectivity index (χ0v) is 12.3. The van der Waals surface area contributed by atoms with Crippen LogP contribution in [0.5, 0.6) is 0 Å². The van der Waals surface area contributed by atoms with E-state index in [2.05, 4.69) is 28.2 Å². The summed E-state index contributed by atoms with van der Waals surface area (Å²) in [7, 11) is 0. The highest BCUT2D eigenvalue weighted by molar-refractivity contribution is 5.30. The minimum Gasteiger partial charge on any atom is -0.315 e. The third-order valence-electron chi connectivity index (χ3n) is 3.93. The monoisotopic (exact) mass is 272 g/mol. The van der Waals surface area contributed by atoms with Crippen molar-refractivity contribution in [2.45, 2.75) is 45.2 Å². The maximum absolute atomic E-state index is 9.14. The van der Waals surface area contributed by atoms with Crippen LogP contribution in [0, 0.1) is 11.3 Å². The lowest BCUT2D eigenvalue weighted by atomic mass is 10.0. The Morgan fingerprint density at radius 1 is 1.50 bits per heavy atom. The molecular weight excluding hydrogens is 248 g/mol. The fourth-order valence-electron chi connectivity index (χ4n) is 2.83. The first-order valence-corrected chi connectivity index (χ1v) is 7.64. The number of nitrogens with zero attached hydrogens (tertiary/aromatic N) is 3. The number of piperidine rings is 1. The highest BCUT2D eigenvalue weighted by Gasteiger charge is 2.22. The van der Waals surface area contributed by atoms with Crippen molar-refractivity contribution in [1.82, 2.24) is 15.2 Å². The van der Waals surface area contributed by atoms with Gasteiger partial charge in [0.2, 0.25) is 0 Å². The number of hydrogen-bond donors (Lipinski definition) is 1. The topological polar surface area (TPSA) is 52.0 Å². The van der Waals surface area contributed by atoms with Crippen LogP contribution in [-0.2, 0) is 6.54 Å². The molecule has 0 radical (unpaired) electrons. The van der Waals surface area contributed by atoms with Gasteiger partial charge < -0.3 is 5.32 Å². The molecule has 2 rings (SSSR count). The van der Waals surface area contributed by atoms with Crippen LogP contribution in [0.2, 0.25) is 0 Å². The van der Waals surface area contributed by atoms with Gasteiger partial charge in [-0.3, -0.25) is 4.90 Å². The van der Waals surface area contributed by atoms with E-state index < -0.39 is 0 Å². The van der Waals surface area contributed by atoms with Crippen LogP contribution in [0.15, 0.2) is 18.3 Å². The van der Waals surface area contributed by atoms with Crippen LogP contribution in [-0.4, -0.2) is 35.6 Å². The van der Waals surface area contributed by atoms with Crippen molar-refractivity contribution in [2.24, 2.45) is 0 Å². The Kier molecular flexibility index (Phi) is 5.97. The zero-order valence-electron chi connectivity index (χ0n) is 12.3. The van der Waals surface area contributed by atoms with Gasteiger partial charge in [-0.25, -0.2) is 4.98 Å². The van der Waals surface area contributed by atoms with Gasteiger partial charge in [0.05, 0.1) is 0 Å². The van der Waals surface area contributed by atoms with Crippen molar-refractivity contribution in [3.05, 3.63) is 29.6 Å². The number of likely N-dealkylation sites (tertiary alicyclic amines) is 1. The first-order chi connectivity index (χ1) is 9.85. The van der Waals surface area contributed by atoms with E-state index in [1.165, 1.54) is 25.7 Å². The van der Waals surface area contributed by atoms with Crippen molar-refractivity contribution < 1.29 is 0 Å². The average Bonchev–Trinajstić information content (AvgIpc) is 2.50. The lowest BCUT2D eigenvalue weighted by Crippen LogP contribution is -2.45. The minimum absolute atomic E-state index is 0.568. The number of rotatable bonds is 6. The average molecular weight is 272 g/mol. The van der Waals surface area contributed by atoms with Crippen LogP contribution < -0.4 is 5.32 Å². The smallest absolute Gasteiger partial charge is 0.144 e. The van der Waals surface area contributed by atoms with E-state index in [0.29, 0.717) is 11.7 Å². The molecule has 1 aromatic heterocycles. The molecule has 0 bridgehead atoms. The van der Waals surface area contributed by atoms with Gasteiger partial charge in [-0.15, -0.1) is 0 Å². The second kappa shape index (κ2) is 7.98. The van der Waals surface area contributed by atoms with Crippen molar-refractivity contribution in [3.8, 4) is 6.07 Å². The normalized spacial score (nSPS) is 19.7. The quantitative estimate of drug-likeness (QED) is 0.807. The van der Waals surface area contributed by atoms with Crippen LogP contribution in [0.3, 0.4) is 0 Å². The van der Waals surface area contributed by atoms with E-state index >= 15 is 0 Å². The fourth-order valence-corrected chi connectivity index (χ4v) is 2.83. The summed E-state index contributed by atoms with van der Waals surface area (Å²) in [5.74, 6) is 0. The first kappa shape index (κ1) is 15.0. The molecule has 1 aromatic rings. The number of aromatic nitrogens is 1. The summed E-state index contributed by atoms with van der Waals surface area (Å²) in [5, 5.41) is 12.7. The molecular formula is C16H24N4. The molecule has 1 unspecified atom stereocenters. The van der Waals surface area contributed by atoms with E-state index in [-0.39, 0.29) is 0 Å². The van der Waals surface area contributed by atoms with E-state index in [1.54, 1.807) is 6.20 Å². The van der Waals surface area contributed by atoms with Gasteiger partial charge >= 0.3 is 0 Å². The summed E-state index contributed by atoms with van der Waals surface area (Å²) >= 11 is 0. The standard InChI is InChI=1S/C16H24N4/c1-2-8-18-12-15-7-3-4-10-20(15)13-14-6-5-9-19-16(14)11-17/h5-6,9,15,18H,2-4,7-8,10,12-13H2,1H3. The zero-order chi connectivity index (χ0) is 14.2. The molecule has 0 spiro atoms. The molecule has 0 amide bonds. The van der Waals surface area contributed by atoms with Gasteiger partial charge in [-0.1, -0.05) is 19.4 Å². The van der Waals surface area contributed by atoms with Gasteiger partial charge in [0.15, 0.2) is 0 Å². The molecule has 1 fully saturated rings. The highest BCUT2D eigenvalue weighted by atomic mass is 15.2. The molecule has 108 valence electrons. The first-order valence-electron chi connectivity index (χ1n) is 7.64. The molecule has 1 N–H and O–H groups in total. The third-order valence-corrected chi connectivity index (χ3v) is 3.93. The lowest BCUT2D eigenvalue weighted by molar-refractivity contribution is 0.137. The van der Waals surface area contributed by atoms with Crippen molar-refractivity contribution in [1.29, 1.82) is 5.26 Å². The number of nitrogens with one attached hydrogen (secondary N) is 1. The van der Waals surface area contributed by atoms with E-state index in [9.17, 15) is 0 Å². The van der Waals surface area contributed by atoms with Crippen molar-refractivity contribution in [2.75, 3.05) is 19.6 Å². The molecule has 1 saturated heterocycles. The number of pyridine rings is 1. The van der Waals surface area contributed by atoms with E-state index in [0.717, 1.165) is 31.7 Å². The van der Waals surface area contributed by atoms with Crippen LogP contribution >= 0.6 is 0 Å². The molecule has 1 aliphatic rings. The summed E-state index contributed by atoms with van der Waals surface area (Å²) in [6, 6.07) is 6.73. The Morgan fingerprint density at radius 2 is 2.40 bits per heavy atom. The SMILES string of the molecule is CCCNCC1CCCCN1Cc1cccnc1C#N. The summed E-state index contributed by atoms with van der Waals surface area (Å²) in [4.78, 5) is 6.66. The molecule has 0 aromatic carbocycles. The molecule has 0 saturated carbocycles. The maximum Gasteiger partial charge on any atom is 0.144 e. The van der Waals surface area contributed by atoms with Gasteiger partial charge in [0, 0.05) is 30.9 Å². The fraction of sp³-hybridized carbons (Fsp3) is 0.625. The van der Waals surface area contributed by atoms with Crippen LogP contribution in [0.4, 0.5) is 0 Å². The highest BCUT2D eigenvalue weighted by Crippen LogP contribution is 2.20. The molecule has 20 heavy (non-hydrogen) atoms. The summed E-state index contributed by atoms with van der Waals surface area (Å²) in [6.45, 7) is 6.30. The van der Waals surface area contributed by atoms with Gasteiger partial charge in [0.25, 0.3) is 0 Å². The second-order valence-corrected chi connectivity index (χ2v) is 5.45. The van der Waals surface area contributed by atoms with Gasteiger partial charge in [-0.2, -0.15) is 5.26 Å². The van der Waals surface area contributed by atoms with Crippen molar-refractivity contribution in [3.63, 3.8) is 0 Å². The molecule has 4 nitrogen and oxygen atoms in total. The predicted octanol–water partition coefficient (Wildman–Crippen LogP) is 2.31. The molecule has 2 heterocycles.